The van der Waals surface area contributed by atoms with Gasteiger partial charge in [-0.1, -0.05) is 11.6 Å². The molecule has 0 amide bonds. The zero-order valence-corrected chi connectivity index (χ0v) is 11.7. The number of nitro benzene ring substituents is 1. The van der Waals surface area contributed by atoms with E-state index in [9.17, 15) is 14.5 Å². The minimum atomic E-state index is -0.507. The third-order valence-electron chi connectivity index (χ3n) is 2.61. The molecule has 0 bridgehead atoms. The van der Waals surface area contributed by atoms with E-state index in [0.29, 0.717) is 21.4 Å². The number of hydrogen-bond acceptors (Lipinski definition) is 4. The second-order valence-electron chi connectivity index (χ2n) is 4.00. The van der Waals surface area contributed by atoms with Gasteiger partial charge in [0.1, 0.15) is 5.82 Å². The molecular formula is C13H10ClFN2O2S. The van der Waals surface area contributed by atoms with Gasteiger partial charge in [0.05, 0.1) is 9.95 Å². The van der Waals surface area contributed by atoms with Crippen molar-refractivity contribution in [1.29, 1.82) is 0 Å². The highest BCUT2D eigenvalue weighted by Gasteiger charge is 2.10. The third kappa shape index (κ3) is 3.40. The monoisotopic (exact) mass is 312 g/mol. The predicted molar refractivity (Wildman–Crippen MR) is 78.5 cm³/mol. The number of nitro groups is 1. The second-order valence-corrected chi connectivity index (χ2v) is 5.43. The van der Waals surface area contributed by atoms with E-state index in [1.807, 2.05) is 0 Å². The Morgan fingerprint density at radius 1 is 1.30 bits per heavy atom. The average molecular weight is 313 g/mol. The second kappa shape index (κ2) is 6.11. The van der Waals surface area contributed by atoms with E-state index in [1.54, 1.807) is 6.07 Å². The van der Waals surface area contributed by atoms with Crippen LogP contribution in [0.15, 0.2) is 41.3 Å². The van der Waals surface area contributed by atoms with E-state index in [1.165, 1.54) is 42.1 Å². The van der Waals surface area contributed by atoms with Gasteiger partial charge in [0, 0.05) is 28.5 Å². The first-order chi connectivity index (χ1) is 9.47. The maximum Gasteiger partial charge on any atom is 0.270 e. The Bertz CT molecular complexity index is 667. The fourth-order valence-electron chi connectivity index (χ4n) is 1.56. The molecule has 0 aliphatic rings. The van der Waals surface area contributed by atoms with Crippen molar-refractivity contribution >= 4 is 34.7 Å². The number of hydrogen-bond donors (Lipinski definition) is 1. The zero-order chi connectivity index (χ0) is 14.7. The molecule has 4 nitrogen and oxygen atoms in total. The Kier molecular flexibility index (Phi) is 4.46. The largest absolute Gasteiger partial charge is 0.398 e. The molecule has 0 atom stereocenters. The number of halogens is 2. The van der Waals surface area contributed by atoms with Gasteiger partial charge in [-0.05, 0) is 29.8 Å². The molecule has 0 aromatic heterocycles. The smallest absolute Gasteiger partial charge is 0.270 e. The van der Waals surface area contributed by atoms with Crippen molar-refractivity contribution in [3.05, 3.63) is 62.9 Å². The van der Waals surface area contributed by atoms with Crippen LogP contribution in [-0.2, 0) is 5.75 Å². The van der Waals surface area contributed by atoms with E-state index in [-0.39, 0.29) is 11.5 Å². The van der Waals surface area contributed by atoms with Crippen LogP contribution in [0.1, 0.15) is 5.56 Å². The van der Waals surface area contributed by atoms with Crippen molar-refractivity contribution < 1.29 is 9.31 Å². The SMILES string of the molecule is Nc1ccc(F)cc1SCc1ccc([N+](=O)[O-])cc1Cl. The van der Waals surface area contributed by atoms with Crippen LogP contribution >= 0.6 is 23.4 Å². The van der Waals surface area contributed by atoms with Crippen LogP contribution in [-0.4, -0.2) is 4.92 Å². The van der Waals surface area contributed by atoms with Crippen LogP contribution in [0.5, 0.6) is 0 Å². The summed E-state index contributed by atoms with van der Waals surface area (Å²) in [7, 11) is 0. The first-order valence-electron chi connectivity index (χ1n) is 5.58. The normalized spacial score (nSPS) is 10.5. The number of anilines is 1. The number of thioether (sulfide) groups is 1. The number of nitrogens with zero attached hydrogens (tertiary/aromatic N) is 1. The molecule has 20 heavy (non-hydrogen) atoms. The zero-order valence-electron chi connectivity index (χ0n) is 10.2. The molecule has 0 aliphatic heterocycles. The fraction of sp³-hybridized carbons (Fsp3) is 0.0769. The van der Waals surface area contributed by atoms with Crippen molar-refractivity contribution in [2.24, 2.45) is 0 Å². The summed E-state index contributed by atoms with van der Waals surface area (Å²) < 4.78 is 13.1. The number of rotatable bonds is 4. The van der Waals surface area contributed by atoms with Gasteiger partial charge in [0.15, 0.2) is 0 Å². The Hall–Kier alpha value is -1.79. The summed E-state index contributed by atoms with van der Waals surface area (Å²) in [4.78, 5) is 10.7. The molecular weight excluding hydrogens is 303 g/mol. The van der Waals surface area contributed by atoms with Crippen molar-refractivity contribution in [3.63, 3.8) is 0 Å². The van der Waals surface area contributed by atoms with Crippen LogP contribution in [0.25, 0.3) is 0 Å². The van der Waals surface area contributed by atoms with Crippen molar-refractivity contribution in [2.75, 3.05) is 5.73 Å². The molecule has 2 rings (SSSR count). The molecule has 0 saturated carbocycles. The highest BCUT2D eigenvalue weighted by molar-refractivity contribution is 7.98. The first kappa shape index (κ1) is 14.6. The van der Waals surface area contributed by atoms with Gasteiger partial charge in [0.25, 0.3) is 5.69 Å². The molecule has 2 N–H and O–H groups in total. The molecule has 0 aliphatic carbocycles. The Morgan fingerprint density at radius 3 is 2.70 bits per heavy atom. The minimum Gasteiger partial charge on any atom is -0.398 e. The van der Waals surface area contributed by atoms with Gasteiger partial charge in [-0.15, -0.1) is 11.8 Å². The van der Waals surface area contributed by atoms with Crippen LogP contribution in [0, 0.1) is 15.9 Å². The molecule has 0 fully saturated rings. The third-order valence-corrected chi connectivity index (χ3v) is 4.08. The van der Waals surface area contributed by atoms with E-state index >= 15 is 0 Å². The van der Waals surface area contributed by atoms with E-state index in [4.69, 9.17) is 17.3 Å². The lowest BCUT2D eigenvalue weighted by Crippen LogP contribution is -1.92. The lowest BCUT2D eigenvalue weighted by atomic mass is 10.2. The standard InChI is InChI=1S/C13H10ClFN2O2S/c14-11-6-10(17(18)19)3-1-8(11)7-20-13-5-9(15)2-4-12(13)16/h1-6H,7,16H2. The summed E-state index contributed by atoms with van der Waals surface area (Å²) in [6, 6.07) is 8.40. The Balaban J connectivity index is 2.15. The summed E-state index contributed by atoms with van der Waals surface area (Å²) in [6.07, 6.45) is 0. The number of benzene rings is 2. The van der Waals surface area contributed by atoms with Gasteiger partial charge in [-0.25, -0.2) is 4.39 Å². The Morgan fingerprint density at radius 2 is 2.05 bits per heavy atom. The minimum absolute atomic E-state index is 0.0611. The van der Waals surface area contributed by atoms with Crippen molar-refractivity contribution in [1.82, 2.24) is 0 Å². The molecule has 2 aromatic carbocycles. The van der Waals surface area contributed by atoms with Crippen LogP contribution in [0.4, 0.5) is 15.8 Å². The molecule has 0 spiro atoms. The molecule has 7 heteroatoms. The number of non-ortho nitro benzene ring substituents is 1. The van der Waals surface area contributed by atoms with Crippen molar-refractivity contribution in [3.8, 4) is 0 Å². The van der Waals surface area contributed by atoms with Crippen LogP contribution < -0.4 is 5.73 Å². The maximum atomic E-state index is 13.1. The van der Waals surface area contributed by atoms with Crippen molar-refractivity contribution in [2.45, 2.75) is 10.6 Å². The van der Waals surface area contributed by atoms with E-state index < -0.39 is 4.92 Å². The summed E-state index contributed by atoms with van der Waals surface area (Å²) in [5.74, 6) is 0.0845. The number of nitrogens with two attached hydrogens (primary N) is 1. The molecule has 0 saturated heterocycles. The summed E-state index contributed by atoms with van der Waals surface area (Å²) >= 11 is 7.31. The lowest BCUT2D eigenvalue weighted by Gasteiger charge is -2.07. The summed E-state index contributed by atoms with van der Waals surface area (Å²) in [6.45, 7) is 0. The number of nitrogen functional groups attached to an aromatic ring is 1. The lowest BCUT2D eigenvalue weighted by molar-refractivity contribution is -0.384. The quantitative estimate of drug-likeness (QED) is 0.396. The summed E-state index contributed by atoms with van der Waals surface area (Å²) in [5, 5.41) is 10.9. The molecule has 0 heterocycles. The summed E-state index contributed by atoms with van der Waals surface area (Å²) in [5.41, 5.74) is 6.89. The fourth-order valence-corrected chi connectivity index (χ4v) is 2.87. The molecule has 0 radical (unpaired) electrons. The maximum absolute atomic E-state index is 13.1. The van der Waals surface area contributed by atoms with E-state index in [0.717, 1.165) is 5.56 Å². The van der Waals surface area contributed by atoms with E-state index in [2.05, 4.69) is 0 Å². The predicted octanol–water partition coefficient (Wildman–Crippen LogP) is 4.26. The van der Waals surface area contributed by atoms with Crippen LogP contribution in [0.2, 0.25) is 5.02 Å². The topological polar surface area (TPSA) is 69.2 Å². The molecule has 2 aromatic rings. The highest BCUT2D eigenvalue weighted by Crippen LogP contribution is 2.32. The Labute approximate surface area is 123 Å². The van der Waals surface area contributed by atoms with Gasteiger partial charge < -0.3 is 5.73 Å². The highest BCUT2D eigenvalue weighted by atomic mass is 35.5. The van der Waals surface area contributed by atoms with Gasteiger partial charge in [0.2, 0.25) is 0 Å². The average Bonchev–Trinajstić information content (AvgIpc) is 2.40. The molecule has 0 unspecified atom stereocenters. The van der Waals surface area contributed by atoms with Gasteiger partial charge in [-0.2, -0.15) is 0 Å². The molecule has 104 valence electrons. The van der Waals surface area contributed by atoms with Gasteiger partial charge in [-0.3, -0.25) is 10.1 Å². The van der Waals surface area contributed by atoms with Crippen LogP contribution in [0.3, 0.4) is 0 Å². The first-order valence-corrected chi connectivity index (χ1v) is 6.94. The van der Waals surface area contributed by atoms with Gasteiger partial charge >= 0.3 is 0 Å².